The van der Waals surface area contributed by atoms with Crippen LogP contribution in [0.1, 0.15) is 36.3 Å². The van der Waals surface area contributed by atoms with E-state index in [-0.39, 0.29) is 23.8 Å². The maximum Gasteiger partial charge on any atom is 0.191 e. The second kappa shape index (κ2) is 9.64. The summed E-state index contributed by atoms with van der Waals surface area (Å²) in [6.45, 7) is 0.244. The highest BCUT2D eigenvalue weighted by Crippen LogP contribution is 2.56. The summed E-state index contributed by atoms with van der Waals surface area (Å²) >= 11 is 3.45. The van der Waals surface area contributed by atoms with Crippen molar-refractivity contribution in [1.82, 2.24) is 0 Å². The van der Waals surface area contributed by atoms with Gasteiger partial charge in [0.2, 0.25) is 0 Å². The Labute approximate surface area is 207 Å². The lowest BCUT2D eigenvalue weighted by molar-refractivity contribution is 0.293. The third-order valence-corrected chi connectivity index (χ3v) is 7.15. The van der Waals surface area contributed by atoms with E-state index < -0.39 is 11.3 Å². The highest BCUT2D eigenvalue weighted by molar-refractivity contribution is 9.10. The van der Waals surface area contributed by atoms with Crippen molar-refractivity contribution in [2.45, 2.75) is 31.8 Å². The molecule has 0 saturated carbocycles. The van der Waals surface area contributed by atoms with Crippen molar-refractivity contribution >= 4 is 15.9 Å². The third kappa shape index (κ3) is 3.92. The summed E-state index contributed by atoms with van der Waals surface area (Å²) in [5, 5.41) is 30.3. The molecule has 4 rings (SSSR count). The molecule has 0 aromatic heterocycles. The van der Waals surface area contributed by atoms with Gasteiger partial charge in [-0.3, -0.25) is 0 Å². The fraction of sp³-hybridized carbons (Fsp3) is 0.296. The molecule has 2 N–H and O–H groups in total. The van der Waals surface area contributed by atoms with E-state index in [0.717, 1.165) is 40.4 Å². The van der Waals surface area contributed by atoms with E-state index in [2.05, 4.69) is 34.1 Å². The van der Waals surface area contributed by atoms with Crippen molar-refractivity contribution in [2.24, 2.45) is 17.1 Å². The minimum atomic E-state index is -1.64. The van der Waals surface area contributed by atoms with E-state index in [9.17, 15) is 15.8 Å². The van der Waals surface area contributed by atoms with Crippen LogP contribution in [-0.2, 0) is 6.61 Å². The molecule has 0 fully saturated rings. The van der Waals surface area contributed by atoms with Crippen LogP contribution in [0.5, 0.6) is 11.5 Å². The zero-order chi connectivity index (χ0) is 24.3. The number of fused-ring (bicyclic) bond motifs is 1. The molecular formula is C27H23BrN4O2. The third-order valence-electron chi connectivity index (χ3n) is 6.65. The molecule has 34 heavy (non-hydrogen) atoms. The Balaban J connectivity index is 1.81. The van der Waals surface area contributed by atoms with Gasteiger partial charge in [0.15, 0.2) is 5.41 Å². The van der Waals surface area contributed by atoms with E-state index >= 15 is 0 Å². The Bertz CT molecular complexity index is 1300. The number of nitriles is 3. The molecule has 0 bridgehead atoms. The SMILES string of the molecule is COc1ccc([C@@H]2[C@@H]3CCCC=C3C(C#N)=C(N)C2(C#N)C#N)cc1COc1cccc(Br)c1. The maximum atomic E-state index is 10.2. The molecule has 2 aromatic rings. The Morgan fingerprint density at radius 2 is 1.94 bits per heavy atom. The summed E-state index contributed by atoms with van der Waals surface area (Å²) < 4.78 is 12.5. The monoisotopic (exact) mass is 514 g/mol. The number of rotatable bonds is 5. The first-order chi connectivity index (χ1) is 16.5. The number of ether oxygens (including phenoxy) is 2. The number of hydrogen-bond acceptors (Lipinski definition) is 6. The predicted octanol–water partition coefficient (Wildman–Crippen LogP) is 5.63. The first-order valence-electron chi connectivity index (χ1n) is 11.0. The van der Waals surface area contributed by atoms with Gasteiger partial charge in [-0.15, -0.1) is 0 Å². The Morgan fingerprint density at radius 1 is 1.15 bits per heavy atom. The van der Waals surface area contributed by atoms with Crippen molar-refractivity contribution in [3.63, 3.8) is 0 Å². The zero-order valence-corrected chi connectivity index (χ0v) is 20.3. The van der Waals surface area contributed by atoms with Gasteiger partial charge in [0.25, 0.3) is 0 Å². The van der Waals surface area contributed by atoms with E-state index in [1.54, 1.807) is 7.11 Å². The van der Waals surface area contributed by atoms with Gasteiger partial charge in [0.1, 0.15) is 24.2 Å². The smallest absolute Gasteiger partial charge is 0.191 e. The highest BCUT2D eigenvalue weighted by atomic mass is 79.9. The van der Waals surface area contributed by atoms with Crippen LogP contribution in [-0.4, -0.2) is 7.11 Å². The number of methoxy groups -OCH3 is 1. The Hall–Kier alpha value is -3.73. The molecule has 170 valence electrons. The van der Waals surface area contributed by atoms with Gasteiger partial charge in [-0.05, 0) is 66.6 Å². The lowest BCUT2D eigenvalue weighted by Crippen LogP contribution is -2.42. The fourth-order valence-electron chi connectivity index (χ4n) is 5.07. The van der Waals surface area contributed by atoms with Gasteiger partial charge in [0.05, 0.1) is 30.5 Å². The molecule has 0 aliphatic heterocycles. The lowest BCUT2D eigenvalue weighted by Gasteiger charge is -2.43. The summed E-state index contributed by atoms with van der Waals surface area (Å²) in [6, 6.07) is 19.7. The molecule has 0 saturated heterocycles. The summed E-state index contributed by atoms with van der Waals surface area (Å²) in [4.78, 5) is 0. The molecule has 2 aliphatic rings. The van der Waals surface area contributed by atoms with Crippen LogP contribution in [0.2, 0.25) is 0 Å². The van der Waals surface area contributed by atoms with Gasteiger partial charge in [0, 0.05) is 16.0 Å². The lowest BCUT2D eigenvalue weighted by atomic mass is 9.56. The summed E-state index contributed by atoms with van der Waals surface area (Å²) in [7, 11) is 1.59. The summed E-state index contributed by atoms with van der Waals surface area (Å²) in [5.41, 5.74) is 7.50. The molecule has 0 heterocycles. The predicted molar refractivity (Wildman–Crippen MR) is 130 cm³/mol. The molecule has 2 aliphatic carbocycles. The number of benzene rings is 2. The van der Waals surface area contributed by atoms with Gasteiger partial charge in [-0.25, -0.2) is 0 Å². The van der Waals surface area contributed by atoms with Gasteiger partial charge < -0.3 is 15.2 Å². The molecule has 7 heteroatoms. The minimum absolute atomic E-state index is 0.0390. The first-order valence-corrected chi connectivity index (χ1v) is 11.8. The number of hydrogen-bond donors (Lipinski definition) is 1. The molecule has 0 unspecified atom stereocenters. The molecular weight excluding hydrogens is 492 g/mol. The van der Waals surface area contributed by atoms with Gasteiger partial charge >= 0.3 is 0 Å². The number of nitrogens with two attached hydrogens (primary N) is 1. The molecule has 2 aromatic carbocycles. The molecule has 2 atom stereocenters. The molecule has 0 amide bonds. The number of halogens is 1. The number of nitrogens with zero attached hydrogens (tertiary/aromatic N) is 3. The molecule has 0 spiro atoms. The van der Waals surface area contributed by atoms with Crippen LogP contribution in [0.15, 0.2) is 69.9 Å². The normalized spacial score (nSPS) is 20.7. The van der Waals surface area contributed by atoms with Crippen LogP contribution < -0.4 is 15.2 Å². The Kier molecular flexibility index (Phi) is 6.64. The van der Waals surface area contributed by atoms with Crippen molar-refractivity contribution < 1.29 is 9.47 Å². The standard InChI is InChI=1S/C27H23BrN4O2/c1-33-24-10-9-17(11-18(24)14-34-20-6-4-5-19(28)12-20)25-22-8-3-2-7-21(22)23(13-29)26(32)27(25,15-30)16-31/h4-7,9-12,22,25H,2-3,8,14,32H2,1H3/t22-,25-/m1/s1. The van der Waals surface area contributed by atoms with Gasteiger partial charge in [-0.2, -0.15) is 15.8 Å². The van der Waals surface area contributed by atoms with E-state index in [1.807, 2.05) is 48.5 Å². The zero-order valence-electron chi connectivity index (χ0n) is 18.7. The van der Waals surface area contributed by atoms with Crippen LogP contribution >= 0.6 is 15.9 Å². The van der Waals surface area contributed by atoms with Crippen LogP contribution in [0, 0.1) is 45.3 Å². The summed E-state index contributed by atoms with van der Waals surface area (Å²) in [5.74, 6) is 0.685. The van der Waals surface area contributed by atoms with Crippen LogP contribution in [0.4, 0.5) is 0 Å². The average Bonchev–Trinajstić information content (AvgIpc) is 2.87. The second-order valence-electron chi connectivity index (χ2n) is 8.42. The largest absolute Gasteiger partial charge is 0.496 e. The Morgan fingerprint density at radius 3 is 2.62 bits per heavy atom. The first kappa shape index (κ1) is 23.4. The fourth-order valence-corrected chi connectivity index (χ4v) is 5.45. The topological polar surface area (TPSA) is 116 Å². The molecule has 0 radical (unpaired) electrons. The van der Waals surface area contributed by atoms with Gasteiger partial charge in [-0.1, -0.05) is 34.1 Å². The molecule has 6 nitrogen and oxygen atoms in total. The highest BCUT2D eigenvalue weighted by Gasteiger charge is 2.53. The van der Waals surface area contributed by atoms with Crippen molar-refractivity contribution in [3.8, 4) is 29.7 Å². The van der Waals surface area contributed by atoms with Crippen LogP contribution in [0.3, 0.4) is 0 Å². The summed E-state index contributed by atoms with van der Waals surface area (Å²) in [6.07, 6.45) is 4.57. The minimum Gasteiger partial charge on any atom is -0.496 e. The average molecular weight is 515 g/mol. The quantitative estimate of drug-likeness (QED) is 0.552. The maximum absolute atomic E-state index is 10.2. The van der Waals surface area contributed by atoms with Crippen molar-refractivity contribution in [1.29, 1.82) is 15.8 Å². The van der Waals surface area contributed by atoms with E-state index in [4.69, 9.17) is 15.2 Å². The number of allylic oxidation sites excluding steroid dienone is 4. The van der Waals surface area contributed by atoms with E-state index in [0.29, 0.717) is 11.5 Å². The van der Waals surface area contributed by atoms with Crippen molar-refractivity contribution in [2.75, 3.05) is 7.11 Å². The van der Waals surface area contributed by atoms with E-state index in [1.165, 1.54) is 0 Å². The van der Waals surface area contributed by atoms with Crippen molar-refractivity contribution in [3.05, 3.63) is 81.0 Å². The second-order valence-corrected chi connectivity index (χ2v) is 9.34. The van der Waals surface area contributed by atoms with Crippen LogP contribution in [0.25, 0.3) is 0 Å².